The van der Waals surface area contributed by atoms with Gasteiger partial charge in [0.15, 0.2) is 5.65 Å². The first-order chi connectivity index (χ1) is 12.9. The molecule has 0 saturated carbocycles. The van der Waals surface area contributed by atoms with E-state index < -0.39 is 0 Å². The van der Waals surface area contributed by atoms with Crippen LogP contribution in [0.5, 0.6) is 0 Å². The number of benzene rings is 3. The Bertz CT molecular complexity index is 1270. The van der Waals surface area contributed by atoms with E-state index >= 15 is 0 Å². The largest absolute Gasteiger partial charge is 0.338 e. The lowest BCUT2D eigenvalue weighted by Crippen LogP contribution is -1.99. The summed E-state index contributed by atoms with van der Waals surface area (Å²) < 4.78 is 0. The summed E-state index contributed by atoms with van der Waals surface area (Å²) in [5.74, 6) is 0.348. The van der Waals surface area contributed by atoms with Gasteiger partial charge >= 0.3 is 0 Å². The molecule has 0 atom stereocenters. The van der Waals surface area contributed by atoms with Crippen molar-refractivity contribution in [1.82, 2.24) is 20.2 Å². The molecule has 0 unspecified atom stereocenters. The van der Waals surface area contributed by atoms with Gasteiger partial charge in [-0.1, -0.05) is 54.6 Å². The third-order valence-electron chi connectivity index (χ3n) is 4.27. The second kappa shape index (κ2) is 5.93. The van der Waals surface area contributed by atoms with Crippen LogP contribution in [0.1, 0.15) is 5.56 Å². The number of aromatic amines is 1. The monoisotopic (exact) mass is 338 g/mol. The van der Waals surface area contributed by atoms with Gasteiger partial charge in [-0.05, 0) is 28.5 Å². The fraction of sp³-hybridized carbons (Fsp3) is 0. The Kier molecular flexibility index (Phi) is 3.31. The predicted octanol–water partition coefficient (Wildman–Crippen LogP) is 4.11. The molecule has 124 valence electrons. The number of nitrogens with zero attached hydrogens (tertiary/aromatic N) is 4. The zero-order valence-electron chi connectivity index (χ0n) is 13.7. The van der Waals surface area contributed by atoms with E-state index in [1.165, 1.54) is 10.8 Å². The van der Waals surface area contributed by atoms with Crippen LogP contribution in [0, 0.1) is 0 Å². The van der Waals surface area contributed by atoms with Crippen LogP contribution in [0.25, 0.3) is 32.8 Å². The van der Waals surface area contributed by atoms with Gasteiger partial charge in [-0.2, -0.15) is 10.1 Å². The Morgan fingerprint density at radius 1 is 0.885 bits per heavy atom. The molecule has 0 bridgehead atoms. The summed E-state index contributed by atoms with van der Waals surface area (Å²) in [6.45, 7) is 0. The molecule has 0 amide bonds. The first-order valence-corrected chi connectivity index (χ1v) is 8.26. The molecule has 3 aromatic carbocycles. The van der Waals surface area contributed by atoms with E-state index in [-0.39, 0.29) is 0 Å². The fourth-order valence-electron chi connectivity index (χ4n) is 3.02. The van der Waals surface area contributed by atoms with Crippen LogP contribution in [0.4, 0.5) is 5.95 Å². The highest BCUT2D eigenvalue weighted by Crippen LogP contribution is 2.21. The molecule has 2 heterocycles. The van der Waals surface area contributed by atoms with Gasteiger partial charge < -0.3 is 4.98 Å². The van der Waals surface area contributed by atoms with E-state index in [2.05, 4.69) is 55.0 Å². The lowest BCUT2D eigenvalue weighted by molar-refractivity contribution is 1.01. The van der Waals surface area contributed by atoms with Crippen molar-refractivity contribution in [3.05, 3.63) is 72.3 Å². The summed E-state index contributed by atoms with van der Waals surface area (Å²) in [5, 5.41) is 16.0. The Morgan fingerprint density at radius 2 is 1.73 bits per heavy atom. The van der Waals surface area contributed by atoms with E-state index in [9.17, 15) is 0 Å². The normalized spacial score (nSPS) is 11.7. The molecule has 26 heavy (non-hydrogen) atoms. The number of nitrogens with one attached hydrogen (secondary N) is 2. The molecule has 2 aromatic heterocycles. The number of fused-ring (bicyclic) bond motifs is 4. The average Bonchev–Trinajstić information content (AvgIpc) is 3.06. The average molecular weight is 338 g/mol. The molecule has 2 N–H and O–H groups in total. The van der Waals surface area contributed by atoms with Crippen LogP contribution >= 0.6 is 0 Å². The van der Waals surface area contributed by atoms with Crippen LogP contribution in [-0.2, 0) is 0 Å². The highest BCUT2D eigenvalue weighted by Gasteiger charge is 2.07. The highest BCUT2D eigenvalue weighted by molar-refractivity contribution is 6.03. The van der Waals surface area contributed by atoms with E-state index in [1.807, 2.05) is 42.5 Å². The summed E-state index contributed by atoms with van der Waals surface area (Å²) in [5.41, 5.74) is 6.26. The Hall–Kier alpha value is -3.80. The molecular formula is C20H14N6. The van der Waals surface area contributed by atoms with E-state index in [0.29, 0.717) is 11.6 Å². The smallest absolute Gasteiger partial charge is 0.265 e. The number of H-pyrrole nitrogens is 1. The van der Waals surface area contributed by atoms with Crippen molar-refractivity contribution >= 4 is 45.0 Å². The molecule has 0 saturated heterocycles. The molecule has 0 spiro atoms. The summed E-state index contributed by atoms with van der Waals surface area (Å²) in [4.78, 5) is 7.68. The van der Waals surface area contributed by atoms with Gasteiger partial charge in [-0.25, -0.2) is 5.43 Å². The van der Waals surface area contributed by atoms with E-state index in [4.69, 9.17) is 0 Å². The van der Waals surface area contributed by atoms with Crippen molar-refractivity contribution in [2.75, 3.05) is 5.43 Å². The predicted molar refractivity (Wildman–Crippen MR) is 104 cm³/mol. The second-order valence-corrected chi connectivity index (χ2v) is 5.98. The molecule has 0 aliphatic carbocycles. The zero-order valence-corrected chi connectivity index (χ0v) is 13.7. The highest BCUT2D eigenvalue weighted by atomic mass is 15.4. The molecule has 6 nitrogen and oxygen atoms in total. The summed E-state index contributed by atoms with van der Waals surface area (Å²) in [7, 11) is 0. The molecule has 5 aromatic rings. The third-order valence-corrected chi connectivity index (χ3v) is 4.27. The third kappa shape index (κ3) is 2.53. The van der Waals surface area contributed by atoms with Gasteiger partial charge in [0.05, 0.1) is 6.21 Å². The van der Waals surface area contributed by atoms with Crippen molar-refractivity contribution in [2.45, 2.75) is 0 Å². The maximum absolute atomic E-state index is 4.44. The van der Waals surface area contributed by atoms with Gasteiger partial charge in [0.25, 0.3) is 5.95 Å². The van der Waals surface area contributed by atoms with Crippen LogP contribution in [0.2, 0.25) is 0 Å². The lowest BCUT2D eigenvalue weighted by atomic mass is 10.1. The standard InChI is InChI=1S/C20H14N6/c1-2-6-15-11-13(9-10-14(15)5-1)12-21-25-20-23-19-18(24-26-20)16-7-3-4-8-17(16)22-19/h1-12H,(H2,22,23,25,26). The maximum atomic E-state index is 4.44. The Morgan fingerprint density at radius 3 is 2.69 bits per heavy atom. The SMILES string of the molecule is C(=NNc1nnc2c(n1)[nH]c1ccccc12)c1ccc2ccccc2c1. The van der Waals surface area contributed by atoms with Crippen LogP contribution in [0.15, 0.2) is 71.8 Å². The minimum Gasteiger partial charge on any atom is -0.338 e. The zero-order chi connectivity index (χ0) is 17.3. The number of para-hydroxylation sites is 1. The molecular weight excluding hydrogens is 324 g/mol. The molecule has 0 aliphatic heterocycles. The number of aromatic nitrogens is 4. The number of hydrazone groups is 1. The van der Waals surface area contributed by atoms with Gasteiger partial charge in [0.2, 0.25) is 0 Å². The minimum atomic E-state index is 0.348. The van der Waals surface area contributed by atoms with Crippen LogP contribution < -0.4 is 5.43 Å². The van der Waals surface area contributed by atoms with E-state index in [1.54, 1.807) is 6.21 Å². The summed E-state index contributed by atoms with van der Waals surface area (Å²) >= 11 is 0. The number of hydrogen-bond acceptors (Lipinski definition) is 5. The number of rotatable bonds is 3. The Balaban J connectivity index is 1.41. The summed E-state index contributed by atoms with van der Waals surface area (Å²) in [6, 6.07) is 22.3. The van der Waals surface area contributed by atoms with Crippen molar-refractivity contribution in [3.8, 4) is 0 Å². The summed E-state index contributed by atoms with van der Waals surface area (Å²) in [6.07, 6.45) is 1.74. The van der Waals surface area contributed by atoms with Crippen LogP contribution in [-0.4, -0.2) is 26.4 Å². The molecule has 5 rings (SSSR count). The van der Waals surface area contributed by atoms with Crippen molar-refractivity contribution in [2.24, 2.45) is 5.10 Å². The Labute approximate surface area is 148 Å². The topological polar surface area (TPSA) is 78.8 Å². The molecule has 0 radical (unpaired) electrons. The van der Waals surface area contributed by atoms with Gasteiger partial charge in [-0.15, -0.1) is 10.2 Å². The molecule has 6 heteroatoms. The van der Waals surface area contributed by atoms with Crippen molar-refractivity contribution < 1.29 is 0 Å². The molecule has 0 aliphatic rings. The molecule has 0 fully saturated rings. The minimum absolute atomic E-state index is 0.348. The second-order valence-electron chi connectivity index (χ2n) is 5.98. The number of anilines is 1. The van der Waals surface area contributed by atoms with Crippen LogP contribution in [0.3, 0.4) is 0 Å². The van der Waals surface area contributed by atoms with E-state index in [0.717, 1.165) is 22.0 Å². The fourth-order valence-corrected chi connectivity index (χ4v) is 3.02. The lowest BCUT2D eigenvalue weighted by Gasteiger charge is -1.99. The van der Waals surface area contributed by atoms with Gasteiger partial charge in [-0.3, -0.25) is 0 Å². The maximum Gasteiger partial charge on any atom is 0.265 e. The van der Waals surface area contributed by atoms with Crippen molar-refractivity contribution in [1.29, 1.82) is 0 Å². The first kappa shape index (κ1) is 14.5. The van der Waals surface area contributed by atoms with Gasteiger partial charge in [0, 0.05) is 10.9 Å². The van der Waals surface area contributed by atoms with Crippen molar-refractivity contribution in [3.63, 3.8) is 0 Å². The number of hydrogen-bond donors (Lipinski definition) is 2. The van der Waals surface area contributed by atoms with Gasteiger partial charge in [0.1, 0.15) is 5.52 Å². The first-order valence-electron chi connectivity index (χ1n) is 8.26. The quantitative estimate of drug-likeness (QED) is 0.383.